The number of rotatable bonds is 7. The van der Waals surface area contributed by atoms with Crippen LogP contribution in [0.2, 0.25) is 0 Å². The van der Waals surface area contributed by atoms with Gasteiger partial charge in [0.05, 0.1) is 11.3 Å². The fourth-order valence-corrected chi connectivity index (χ4v) is 1.99. The van der Waals surface area contributed by atoms with Gasteiger partial charge < -0.3 is 14.6 Å². The highest BCUT2D eigenvalue weighted by molar-refractivity contribution is 5.12. The molecule has 0 saturated carbocycles. The van der Waals surface area contributed by atoms with Gasteiger partial charge in [-0.15, -0.1) is 0 Å². The van der Waals surface area contributed by atoms with Crippen molar-refractivity contribution in [3.8, 4) is 0 Å². The minimum Gasteiger partial charge on any atom is -0.390 e. The van der Waals surface area contributed by atoms with Crippen molar-refractivity contribution in [2.45, 2.75) is 45.0 Å². The second kappa shape index (κ2) is 6.31. The molecule has 5 nitrogen and oxygen atoms in total. The molecular weight excluding hydrogens is 232 g/mol. The summed E-state index contributed by atoms with van der Waals surface area (Å²) in [6.45, 7) is 3.85. The SMILES string of the molecule is CCc1cc(CC(C)(O)CC(OC)OC)n(C)n1. The first-order valence-corrected chi connectivity index (χ1v) is 6.21. The highest BCUT2D eigenvalue weighted by Gasteiger charge is 2.27. The Kier molecular flexibility index (Phi) is 5.31. The first-order valence-electron chi connectivity index (χ1n) is 6.21. The molecule has 1 aromatic rings. The average molecular weight is 256 g/mol. The van der Waals surface area contributed by atoms with E-state index in [0.29, 0.717) is 12.8 Å². The molecule has 0 aliphatic heterocycles. The van der Waals surface area contributed by atoms with Crippen molar-refractivity contribution < 1.29 is 14.6 Å². The quantitative estimate of drug-likeness (QED) is 0.747. The predicted octanol–water partition coefficient (Wildman–Crippen LogP) is 1.28. The molecule has 0 fully saturated rings. The molecule has 1 heterocycles. The molecule has 5 heteroatoms. The Balaban J connectivity index is 2.71. The molecule has 0 amide bonds. The molecule has 0 bridgehead atoms. The van der Waals surface area contributed by atoms with Gasteiger partial charge in [0, 0.05) is 39.8 Å². The van der Waals surface area contributed by atoms with Gasteiger partial charge in [-0.1, -0.05) is 6.92 Å². The number of hydrogen-bond donors (Lipinski definition) is 1. The number of methoxy groups -OCH3 is 2. The van der Waals surface area contributed by atoms with Crippen LogP contribution < -0.4 is 0 Å². The highest BCUT2D eigenvalue weighted by atomic mass is 16.7. The van der Waals surface area contributed by atoms with Crippen molar-refractivity contribution in [3.63, 3.8) is 0 Å². The first-order chi connectivity index (χ1) is 8.41. The van der Waals surface area contributed by atoms with Crippen molar-refractivity contribution >= 4 is 0 Å². The average Bonchev–Trinajstić information content (AvgIpc) is 2.66. The second-order valence-electron chi connectivity index (χ2n) is 4.88. The van der Waals surface area contributed by atoms with Gasteiger partial charge in [-0.2, -0.15) is 5.10 Å². The van der Waals surface area contributed by atoms with Gasteiger partial charge >= 0.3 is 0 Å². The molecule has 1 atom stereocenters. The minimum atomic E-state index is -0.879. The molecule has 0 aromatic carbocycles. The van der Waals surface area contributed by atoms with Gasteiger partial charge in [0.1, 0.15) is 0 Å². The minimum absolute atomic E-state index is 0.390. The van der Waals surface area contributed by atoms with E-state index in [0.717, 1.165) is 17.8 Å². The van der Waals surface area contributed by atoms with E-state index < -0.39 is 5.60 Å². The molecule has 18 heavy (non-hydrogen) atoms. The molecule has 0 aliphatic carbocycles. The van der Waals surface area contributed by atoms with E-state index in [-0.39, 0.29) is 6.29 Å². The van der Waals surface area contributed by atoms with Gasteiger partial charge in [0.25, 0.3) is 0 Å². The third kappa shape index (κ3) is 4.08. The maximum Gasteiger partial charge on any atom is 0.159 e. The van der Waals surface area contributed by atoms with Crippen LogP contribution >= 0.6 is 0 Å². The fraction of sp³-hybridized carbons (Fsp3) is 0.769. The summed E-state index contributed by atoms with van der Waals surface area (Å²) in [5.74, 6) is 0. The Labute approximate surface area is 109 Å². The van der Waals surface area contributed by atoms with Crippen molar-refractivity contribution in [2.24, 2.45) is 7.05 Å². The van der Waals surface area contributed by atoms with E-state index in [2.05, 4.69) is 12.0 Å². The van der Waals surface area contributed by atoms with Crippen LogP contribution in [0.1, 0.15) is 31.7 Å². The number of nitrogens with zero attached hydrogens (tertiary/aromatic N) is 2. The summed E-state index contributed by atoms with van der Waals surface area (Å²) >= 11 is 0. The van der Waals surface area contributed by atoms with E-state index in [1.54, 1.807) is 21.1 Å². The largest absolute Gasteiger partial charge is 0.390 e. The third-order valence-corrected chi connectivity index (χ3v) is 3.08. The van der Waals surface area contributed by atoms with E-state index in [1.807, 2.05) is 17.8 Å². The summed E-state index contributed by atoms with van der Waals surface area (Å²) in [5.41, 5.74) is 1.18. The predicted molar refractivity (Wildman–Crippen MR) is 69.3 cm³/mol. The molecular formula is C13H24N2O3. The van der Waals surface area contributed by atoms with Crippen LogP contribution in [-0.4, -0.2) is 41.0 Å². The molecule has 0 saturated heterocycles. The number of aromatic nitrogens is 2. The van der Waals surface area contributed by atoms with Crippen molar-refractivity contribution in [3.05, 3.63) is 17.5 Å². The fourth-order valence-electron chi connectivity index (χ4n) is 1.99. The van der Waals surface area contributed by atoms with Crippen LogP contribution in [0.25, 0.3) is 0 Å². The Hall–Kier alpha value is -0.910. The van der Waals surface area contributed by atoms with Crippen LogP contribution in [0.4, 0.5) is 0 Å². The Bertz CT molecular complexity index is 370. The highest BCUT2D eigenvalue weighted by Crippen LogP contribution is 2.20. The maximum atomic E-state index is 10.4. The Morgan fingerprint density at radius 1 is 1.44 bits per heavy atom. The molecule has 1 rings (SSSR count). The molecule has 1 unspecified atom stereocenters. The van der Waals surface area contributed by atoms with Gasteiger partial charge in [-0.05, 0) is 19.4 Å². The van der Waals surface area contributed by atoms with Gasteiger partial charge in [0.15, 0.2) is 6.29 Å². The number of aryl methyl sites for hydroxylation is 2. The van der Waals surface area contributed by atoms with E-state index in [1.165, 1.54) is 0 Å². The van der Waals surface area contributed by atoms with E-state index >= 15 is 0 Å². The molecule has 104 valence electrons. The molecule has 0 aliphatic rings. The topological polar surface area (TPSA) is 56.5 Å². The zero-order valence-corrected chi connectivity index (χ0v) is 11.9. The lowest BCUT2D eigenvalue weighted by molar-refractivity contribution is -0.140. The first kappa shape index (κ1) is 15.1. The van der Waals surface area contributed by atoms with Crippen molar-refractivity contribution in [1.82, 2.24) is 9.78 Å². The summed E-state index contributed by atoms with van der Waals surface area (Å²) in [7, 11) is 5.04. The number of ether oxygens (including phenoxy) is 2. The lowest BCUT2D eigenvalue weighted by Gasteiger charge is -2.27. The van der Waals surface area contributed by atoms with Gasteiger partial charge in [-0.3, -0.25) is 4.68 Å². The van der Waals surface area contributed by atoms with E-state index in [4.69, 9.17) is 9.47 Å². The van der Waals surface area contributed by atoms with Crippen LogP contribution in [0.3, 0.4) is 0 Å². The summed E-state index contributed by atoms with van der Waals surface area (Å²) < 4.78 is 12.1. The molecule has 0 spiro atoms. The summed E-state index contributed by atoms with van der Waals surface area (Å²) in [5, 5.41) is 14.8. The number of aliphatic hydroxyl groups is 1. The van der Waals surface area contributed by atoms with Crippen LogP contribution in [-0.2, 0) is 29.4 Å². The summed E-state index contributed by atoms with van der Waals surface area (Å²) in [6, 6.07) is 2.03. The Morgan fingerprint density at radius 2 is 2.06 bits per heavy atom. The van der Waals surface area contributed by atoms with Crippen molar-refractivity contribution in [1.29, 1.82) is 0 Å². The van der Waals surface area contributed by atoms with Gasteiger partial charge in [0.2, 0.25) is 0 Å². The number of hydrogen-bond acceptors (Lipinski definition) is 4. The summed E-state index contributed by atoms with van der Waals surface area (Å²) in [4.78, 5) is 0. The summed E-state index contributed by atoms with van der Waals surface area (Å²) in [6.07, 6.45) is 1.46. The smallest absolute Gasteiger partial charge is 0.159 e. The molecule has 1 N–H and O–H groups in total. The zero-order valence-electron chi connectivity index (χ0n) is 11.9. The van der Waals surface area contributed by atoms with E-state index in [9.17, 15) is 5.11 Å². The second-order valence-corrected chi connectivity index (χ2v) is 4.88. The molecule has 0 radical (unpaired) electrons. The van der Waals surface area contributed by atoms with Crippen molar-refractivity contribution in [2.75, 3.05) is 14.2 Å². The lowest BCUT2D eigenvalue weighted by Crippen LogP contribution is -2.34. The zero-order chi connectivity index (χ0) is 13.8. The van der Waals surface area contributed by atoms with Crippen LogP contribution in [0.5, 0.6) is 0 Å². The van der Waals surface area contributed by atoms with Crippen LogP contribution in [0, 0.1) is 0 Å². The van der Waals surface area contributed by atoms with Crippen LogP contribution in [0.15, 0.2) is 6.07 Å². The third-order valence-electron chi connectivity index (χ3n) is 3.08. The standard InChI is InChI=1S/C13H24N2O3/c1-6-10-7-11(15(3)14-10)8-13(2,16)9-12(17-4)18-5/h7,12,16H,6,8-9H2,1-5H3. The monoisotopic (exact) mass is 256 g/mol. The van der Waals surface area contributed by atoms with Gasteiger partial charge in [-0.25, -0.2) is 0 Å². The normalized spacial score (nSPS) is 15.1. The maximum absolute atomic E-state index is 10.4. The lowest BCUT2D eigenvalue weighted by atomic mass is 9.95. The Morgan fingerprint density at radius 3 is 2.50 bits per heavy atom. The molecule has 1 aromatic heterocycles.